The normalized spacial score (nSPS) is 10.8. The molecule has 0 aliphatic rings. The highest BCUT2D eigenvalue weighted by Gasteiger charge is 2.13. The number of carboxylic acid groups (broad SMARTS) is 1. The topological polar surface area (TPSA) is 57.8 Å². The molecule has 2 aromatic heterocycles. The Morgan fingerprint density at radius 1 is 1.47 bits per heavy atom. The van der Waals surface area contributed by atoms with Gasteiger partial charge in [0.05, 0.1) is 17.6 Å². The van der Waals surface area contributed by atoms with E-state index >= 15 is 0 Å². The van der Waals surface area contributed by atoms with E-state index in [0.29, 0.717) is 5.69 Å². The first-order chi connectivity index (χ1) is 8.00. The fourth-order valence-corrected chi connectivity index (χ4v) is 1.99. The molecule has 0 radical (unpaired) electrons. The molecular formula is C12H15N3O2. The van der Waals surface area contributed by atoms with Gasteiger partial charge < -0.3 is 10.0 Å². The summed E-state index contributed by atoms with van der Waals surface area (Å²) in [5.41, 5.74) is 1.47. The van der Waals surface area contributed by atoms with Crippen LogP contribution in [0.5, 0.6) is 0 Å². The van der Waals surface area contributed by atoms with E-state index in [2.05, 4.69) is 4.98 Å². The molecule has 90 valence electrons. The van der Waals surface area contributed by atoms with Gasteiger partial charge in [0.1, 0.15) is 11.6 Å². The first-order valence-electron chi connectivity index (χ1n) is 5.36. The molecule has 5 heteroatoms. The number of carbonyl (C=O) groups is 1. The van der Waals surface area contributed by atoms with Crippen LogP contribution in [0.2, 0.25) is 0 Å². The fraction of sp³-hybridized carbons (Fsp3) is 0.333. The standard InChI is InChI=1S/C12H15N3O2/c1-8-13-9(7-12(16)17)10-5-4-6-11(14(2)3)15(8)10/h4-6H,7H2,1-3H3,(H,16,17). The predicted octanol–water partition coefficient (Wildman–Crippen LogP) is 1.34. The van der Waals surface area contributed by atoms with Crippen molar-refractivity contribution in [2.75, 3.05) is 19.0 Å². The number of carboxylic acids is 1. The zero-order valence-corrected chi connectivity index (χ0v) is 10.1. The monoisotopic (exact) mass is 233 g/mol. The molecule has 0 aliphatic heterocycles. The van der Waals surface area contributed by atoms with Crippen LogP contribution in [0.25, 0.3) is 5.52 Å². The van der Waals surface area contributed by atoms with Crippen LogP contribution in [-0.4, -0.2) is 34.6 Å². The van der Waals surface area contributed by atoms with Crippen molar-refractivity contribution in [3.63, 3.8) is 0 Å². The van der Waals surface area contributed by atoms with Crippen LogP contribution in [-0.2, 0) is 11.2 Å². The predicted molar refractivity (Wildman–Crippen MR) is 65.6 cm³/mol. The number of nitrogens with zero attached hydrogens (tertiary/aromatic N) is 3. The molecule has 0 saturated heterocycles. The molecule has 0 amide bonds. The molecule has 0 spiro atoms. The lowest BCUT2D eigenvalue weighted by atomic mass is 10.2. The van der Waals surface area contributed by atoms with E-state index < -0.39 is 5.97 Å². The maximum Gasteiger partial charge on any atom is 0.309 e. The van der Waals surface area contributed by atoms with Gasteiger partial charge in [-0.2, -0.15) is 0 Å². The third-order valence-corrected chi connectivity index (χ3v) is 2.66. The summed E-state index contributed by atoms with van der Waals surface area (Å²) in [6.07, 6.45) is -0.0474. The van der Waals surface area contributed by atoms with Gasteiger partial charge in [-0.05, 0) is 19.1 Å². The first kappa shape index (κ1) is 11.4. The quantitative estimate of drug-likeness (QED) is 0.869. The van der Waals surface area contributed by atoms with Crippen molar-refractivity contribution in [2.24, 2.45) is 0 Å². The molecule has 0 bridgehead atoms. The summed E-state index contributed by atoms with van der Waals surface area (Å²) in [7, 11) is 3.90. The Bertz CT molecular complexity index is 572. The van der Waals surface area contributed by atoms with E-state index in [-0.39, 0.29) is 6.42 Å². The molecule has 5 nitrogen and oxygen atoms in total. The summed E-state index contributed by atoms with van der Waals surface area (Å²) in [5.74, 6) is 0.935. The second-order valence-electron chi connectivity index (χ2n) is 4.18. The maximum absolute atomic E-state index is 10.8. The Labute approximate surface area is 99.3 Å². The zero-order chi connectivity index (χ0) is 12.6. The van der Waals surface area contributed by atoms with Gasteiger partial charge in [-0.25, -0.2) is 4.98 Å². The van der Waals surface area contributed by atoms with Gasteiger partial charge in [0.2, 0.25) is 0 Å². The van der Waals surface area contributed by atoms with E-state index in [1.165, 1.54) is 0 Å². The summed E-state index contributed by atoms with van der Waals surface area (Å²) < 4.78 is 1.97. The molecular weight excluding hydrogens is 218 g/mol. The first-order valence-corrected chi connectivity index (χ1v) is 5.36. The number of pyridine rings is 1. The van der Waals surface area contributed by atoms with E-state index in [1.54, 1.807) is 0 Å². The van der Waals surface area contributed by atoms with Crippen LogP contribution in [0.1, 0.15) is 11.5 Å². The molecule has 0 saturated carbocycles. The second kappa shape index (κ2) is 4.08. The lowest BCUT2D eigenvalue weighted by molar-refractivity contribution is -0.136. The largest absolute Gasteiger partial charge is 0.481 e. The van der Waals surface area contributed by atoms with Crippen LogP contribution in [0, 0.1) is 6.92 Å². The van der Waals surface area contributed by atoms with Gasteiger partial charge in [-0.1, -0.05) is 6.07 Å². The second-order valence-corrected chi connectivity index (χ2v) is 4.18. The number of rotatable bonds is 3. The molecule has 2 rings (SSSR count). The molecule has 1 N–H and O–H groups in total. The van der Waals surface area contributed by atoms with Crippen molar-refractivity contribution in [3.8, 4) is 0 Å². The van der Waals surface area contributed by atoms with Gasteiger partial charge in [0.15, 0.2) is 0 Å². The van der Waals surface area contributed by atoms with Crippen molar-refractivity contribution in [1.82, 2.24) is 9.38 Å². The highest BCUT2D eigenvalue weighted by atomic mass is 16.4. The van der Waals surface area contributed by atoms with Crippen molar-refractivity contribution < 1.29 is 9.90 Å². The van der Waals surface area contributed by atoms with Gasteiger partial charge in [-0.15, -0.1) is 0 Å². The molecule has 0 unspecified atom stereocenters. The molecule has 17 heavy (non-hydrogen) atoms. The van der Waals surface area contributed by atoms with E-state index in [1.807, 2.05) is 48.5 Å². The highest BCUT2D eigenvalue weighted by Crippen LogP contribution is 2.20. The molecule has 2 aromatic rings. The van der Waals surface area contributed by atoms with Gasteiger partial charge >= 0.3 is 5.97 Å². The summed E-state index contributed by atoms with van der Waals surface area (Å²) in [6.45, 7) is 1.88. The number of anilines is 1. The van der Waals surface area contributed by atoms with Crippen LogP contribution >= 0.6 is 0 Å². The van der Waals surface area contributed by atoms with Crippen molar-refractivity contribution in [2.45, 2.75) is 13.3 Å². The van der Waals surface area contributed by atoms with Crippen molar-refractivity contribution in [3.05, 3.63) is 29.7 Å². The number of hydrogen-bond donors (Lipinski definition) is 1. The van der Waals surface area contributed by atoms with Crippen molar-refractivity contribution in [1.29, 1.82) is 0 Å². The fourth-order valence-electron chi connectivity index (χ4n) is 1.99. The number of imidazole rings is 1. The molecule has 2 heterocycles. The van der Waals surface area contributed by atoms with Gasteiger partial charge in [0.25, 0.3) is 0 Å². The highest BCUT2D eigenvalue weighted by molar-refractivity contribution is 5.74. The lowest BCUT2D eigenvalue weighted by Gasteiger charge is -2.15. The molecule has 0 fully saturated rings. The minimum absolute atomic E-state index is 0.0474. The molecule has 0 aromatic carbocycles. The number of aryl methyl sites for hydroxylation is 1. The Balaban J connectivity index is 2.68. The Morgan fingerprint density at radius 3 is 2.76 bits per heavy atom. The van der Waals surface area contributed by atoms with Crippen molar-refractivity contribution >= 4 is 17.3 Å². The summed E-state index contributed by atoms with van der Waals surface area (Å²) in [4.78, 5) is 17.1. The SMILES string of the molecule is Cc1nc(CC(=O)O)c2cccc(N(C)C)n12. The number of hydrogen-bond acceptors (Lipinski definition) is 3. The Kier molecular flexibility index (Phi) is 2.75. The van der Waals surface area contributed by atoms with Crippen LogP contribution in [0.3, 0.4) is 0 Å². The molecule has 0 atom stereocenters. The number of fused-ring (bicyclic) bond motifs is 1. The average molecular weight is 233 g/mol. The number of aromatic nitrogens is 2. The lowest BCUT2D eigenvalue weighted by Crippen LogP contribution is -2.13. The smallest absolute Gasteiger partial charge is 0.309 e. The van der Waals surface area contributed by atoms with Gasteiger partial charge in [-0.3, -0.25) is 9.20 Å². The van der Waals surface area contributed by atoms with E-state index in [0.717, 1.165) is 17.2 Å². The van der Waals surface area contributed by atoms with Crippen LogP contribution in [0.15, 0.2) is 18.2 Å². The van der Waals surface area contributed by atoms with Crippen LogP contribution < -0.4 is 4.90 Å². The zero-order valence-electron chi connectivity index (χ0n) is 10.1. The summed E-state index contributed by atoms with van der Waals surface area (Å²) in [6, 6.07) is 5.79. The average Bonchev–Trinajstić information content (AvgIpc) is 2.55. The Hall–Kier alpha value is -2.04. The minimum Gasteiger partial charge on any atom is -0.481 e. The third-order valence-electron chi connectivity index (χ3n) is 2.66. The van der Waals surface area contributed by atoms with Crippen LogP contribution in [0.4, 0.5) is 5.82 Å². The molecule has 0 aliphatic carbocycles. The third kappa shape index (κ3) is 1.95. The van der Waals surface area contributed by atoms with E-state index in [4.69, 9.17) is 5.11 Å². The van der Waals surface area contributed by atoms with E-state index in [9.17, 15) is 4.79 Å². The summed E-state index contributed by atoms with van der Waals surface area (Å²) in [5, 5.41) is 8.85. The maximum atomic E-state index is 10.8. The minimum atomic E-state index is -0.861. The Morgan fingerprint density at radius 2 is 2.18 bits per heavy atom. The number of aliphatic carboxylic acids is 1. The van der Waals surface area contributed by atoms with Gasteiger partial charge in [0, 0.05) is 14.1 Å². The summed E-state index contributed by atoms with van der Waals surface area (Å²) >= 11 is 0.